The summed E-state index contributed by atoms with van der Waals surface area (Å²) in [6, 6.07) is 0. The first-order chi connectivity index (χ1) is 5.11. The van der Waals surface area contributed by atoms with Crippen LogP contribution in [0.4, 0.5) is 0 Å². The molecular weight excluding hydrogens is 144 g/mol. The van der Waals surface area contributed by atoms with Crippen LogP contribution in [0.15, 0.2) is 9.98 Å². The van der Waals surface area contributed by atoms with E-state index in [1.165, 1.54) is 0 Å². The molecule has 1 aliphatic heterocycles. The van der Waals surface area contributed by atoms with Gasteiger partial charge in [-0.15, -0.1) is 0 Å². The second-order valence-electron chi connectivity index (χ2n) is 2.43. The standard InChI is InChI=1S/C6H10N4O/c1-10(2)6-8-3-4(11)5(7)9-6/h3H2,1-2H3,(H2,7,8,9). The van der Waals surface area contributed by atoms with Crippen molar-refractivity contribution in [2.75, 3.05) is 20.6 Å². The van der Waals surface area contributed by atoms with E-state index in [1.807, 2.05) is 0 Å². The van der Waals surface area contributed by atoms with E-state index in [1.54, 1.807) is 19.0 Å². The predicted octanol–water partition coefficient (Wildman–Crippen LogP) is -1.16. The minimum absolute atomic E-state index is 0.0451. The van der Waals surface area contributed by atoms with Gasteiger partial charge in [0.05, 0.1) is 0 Å². The average molecular weight is 154 g/mol. The van der Waals surface area contributed by atoms with Crippen molar-refractivity contribution in [3.05, 3.63) is 0 Å². The second kappa shape index (κ2) is 2.69. The first-order valence-electron chi connectivity index (χ1n) is 3.20. The Kier molecular flexibility index (Phi) is 1.89. The maximum absolute atomic E-state index is 10.8. The molecule has 60 valence electrons. The van der Waals surface area contributed by atoms with Gasteiger partial charge in [-0.05, 0) is 0 Å². The van der Waals surface area contributed by atoms with Crippen molar-refractivity contribution >= 4 is 17.6 Å². The summed E-state index contributed by atoms with van der Waals surface area (Å²) in [5.74, 6) is 0.335. The monoisotopic (exact) mass is 154 g/mol. The van der Waals surface area contributed by atoms with Crippen LogP contribution in [0.1, 0.15) is 0 Å². The number of rotatable bonds is 0. The molecular formula is C6H10N4O. The lowest BCUT2D eigenvalue weighted by atomic mass is 10.3. The van der Waals surface area contributed by atoms with Crippen molar-refractivity contribution in [2.24, 2.45) is 15.7 Å². The molecule has 0 saturated carbocycles. The molecule has 0 amide bonds. The normalized spacial score (nSPS) is 17.5. The molecule has 0 aromatic rings. The van der Waals surface area contributed by atoms with Crippen LogP contribution >= 0.6 is 0 Å². The second-order valence-corrected chi connectivity index (χ2v) is 2.43. The van der Waals surface area contributed by atoms with Crippen molar-refractivity contribution in [3.8, 4) is 0 Å². The molecule has 1 aliphatic rings. The number of ketones is 1. The van der Waals surface area contributed by atoms with E-state index in [0.29, 0.717) is 5.96 Å². The van der Waals surface area contributed by atoms with Crippen molar-refractivity contribution < 1.29 is 4.79 Å². The Morgan fingerprint density at radius 2 is 2.18 bits per heavy atom. The smallest absolute Gasteiger partial charge is 0.222 e. The van der Waals surface area contributed by atoms with E-state index in [2.05, 4.69) is 9.98 Å². The highest BCUT2D eigenvalue weighted by Crippen LogP contribution is 1.94. The quantitative estimate of drug-likeness (QED) is 0.478. The number of guanidine groups is 1. The summed E-state index contributed by atoms with van der Waals surface area (Å²) >= 11 is 0. The molecule has 0 atom stereocenters. The van der Waals surface area contributed by atoms with Crippen LogP contribution in [0.5, 0.6) is 0 Å². The van der Waals surface area contributed by atoms with Crippen LogP contribution in [0.2, 0.25) is 0 Å². The fourth-order valence-corrected chi connectivity index (χ4v) is 0.670. The zero-order chi connectivity index (χ0) is 8.43. The number of nitrogens with two attached hydrogens (primary N) is 1. The number of Topliss-reactive ketones (excluding diaryl/α,β-unsaturated/α-hetero) is 1. The molecule has 11 heavy (non-hydrogen) atoms. The van der Waals surface area contributed by atoms with Crippen LogP contribution in [-0.4, -0.2) is 43.1 Å². The maximum Gasteiger partial charge on any atom is 0.222 e. The molecule has 0 radical (unpaired) electrons. The first-order valence-corrected chi connectivity index (χ1v) is 3.20. The van der Waals surface area contributed by atoms with E-state index in [4.69, 9.17) is 5.73 Å². The summed E-state index contributed by atoms with van der Waals surface area (Å²) in [4.78, 5) is 20.2. The van der Waals surface area contributed by atoms with Gasteiger partial charge in [0.2, 0.25) is 11.7 Å². The van der Waals surface area contributed by atoms with E-state index in [9.17, 15) is 4.79 Å². The molecule has 2 N–H and O–H groups in total. The first kappa shape index (κ1) is 7.71. The van der Waals surface area contributed by atoms with E-state index < -0.39 is 0 Å². The SMILES string of the molecule is CN(C)C1=NCC(=O)C(N)=N1. The van der Waals surface area contributed by atoms with E-state index >= 15 is 0 Å². The Bertz CT molecular complexity index is 241. The highest BCUT2D eigenvalue weighted by Gasteiger charge is 2.14. The van der Waals surface area contributed by atoms with Crippen LogP contribution in [-0.2, 0) is 4.79 Å². The Hall–Kier alpha value is -1.39. The van der Waals surface area contributed by atoms with Crippen LogP contribution < -0.4 is 5.73 Å². The highest BCUT2D eigenvalue weighted by molar-refractivity contribution is 6.41. The van der Waals surface area contributed by atoms with Crippen LogP contribution in [0.3, 0.4) is 0 Å². The number of nitrogens with zero attached hydrogens (tertiary/aromatic N) is 3. The molecule has 1 rings (SSSR count). The minimum atomic E-state index is -0.212. The zero-order valence-corrected chi connectivity index (χ0v) is 6.53. The summed E-state index contributed by atoms with van der Waals surface area (Å²) in [7, 11) is 3.59. The Morgan fingerprint density at radius 1 is 1.55 bits per heavy atom. The van der Waals surface area contributed by atoms with Gasteiger partial charge in [-0.3, -0.25) is 4.79 Å². The molecule has 0 aliphatic carbocycles. The summed E-state index contributed by atoms with van der Waals surface area (Å²) in [6.45, 7) is 0.114. The lowest BCUT2D eigenvalue weighted by Gasteiger charge is -2.14. The number of amidine groups is 1. The molecule has 5 nitrogen and oxygen atoms in total. The Labute approximate surface area is 64.6 Å². The minimum Gasteiger partial charge on any atom is -0.381 e. The number of hydrogen-bond acceptors (Lipinski definition) is 5. The number of aliphatic imine (C=N–C) groups is 2. The van der Waals surface area contributed by atoms with Crippen molar-refractivity contribution in [3.63, 3.8) is 0 Å². The predicted molar refractivity (Wildman–Crippen MR) is 42.6 cm³/mol. The summed E-state index contributed by atoms with van der Waals surface area (Å²) in [5, 5.41) is 0. The lowest BCUT2D eigenvalue weighted by Crippen LogP contribution is -2.35. The topological polar surface area (TPSA) is 71.0 Å². The molecule has 5 heteroatoms. The lowest BCUT2D eigenvalue weighted by molar-refractivity contribution is -0.111. The van der Waals surface area contributed by atoms with Crippen molar-refractivity contribution in [1.82, 2.24) is 4.90 Å². The van der Waals surface area contributed by atoms with Gasteiger partial charge < -0.3 is 10.6 Å². The highest BCUT2D eigenvalue weighted by atomic mass is 16.1. The van der Waals surface area contributed by atoms with Gasteiger partial charge >= 0.3 is 0 Å². The number of carbonyl (C=O) groups excluding carboxylic acids is 1. The van der Waals surface area contributed by atoms with E-state index in [0.717, 1.165) is 0 Å². The van der Waals surface area contributed by atoms with Gasteiger partial charge in [0.15, 0.2) is 5.84 Å². The molecule has 0 unspecified atom stereocenters. The molecule has 0 aromatic heterocycles. The summed E-state index contributed by atoms with van der Waals surface area (Å²) in [5.41, 5.74) is 5.30. The molecule has 0 spiro atoms. The van der Waals surface area contributed by atoms with Gasteiger partial charge in [0.1, 0.15) is 6.54 Å². The van der Waals surface area contributed by atoms with E-state index in [-0.39, 0.29) is 18.2 Å². The molecule has 0 bridgehead atoms. The van der Waals surface area contributed by atoms with Crippen molar-refractivity contribution in [1.29, 1.82) is 0 Å². The van der Waals surface area contributed by atoms with Crippen LogP contribution in [0, 0.1) is 0 Å². The van der Waals surface area contributed by atoms with Gasteiger partial charge in [-0.25, -0.2) is 4.99 Å². The van der Waals surface area contributed by atoms with Gasteiger partial charge in [-0.1, -0.05) is 0 Å². The van der Waals surface area contributed by atoms with Crippen molar-refractivity contribution in [2.45, 2.75) is 0 Å². The molecule has 0 aromatic carbocycles. The largest absolute Gasteiger partial charge is 0.381 e. The maximum atomic E-state index is 10.8. The fourth-order valence-electron chi connectivity index (χ4n) is 0.670. The molecule has 1 heterocycles. The third-order valence-corrected chi connectivity index (χ3v) is 1.27. The van der Waals surface area contributed by atoms with Gasteiger partial charge in [0, 0.05) is 14.1 Å². The number of hydrogen-bond donors (Lipinski definition) is 1. The fraction of sp³-hybridized carbons (Fsp3) is 0.500. The van der Waals surface area contributed by atoms with Gasteiger partial charge in [-0.2, -0.15) is 4.99 Å². The summed E-state index contributed by atoms with van der Waals surface area (Å²) < 4.78 is 0. The Balaban J connectivity index is 2.82. The molecule has 0 saturated heterocycles. The van der Waals surface area contributed by atoms with Gasteiger partial charge in [0.25, 0.3) is 0 Å². The third kappa shape index (κ3) is 1.54. The molecule has 0 fully saturated rings. The van der Waals surface area contributed by atoms with Crippen LogP contribution in [0.25, 0.3) is 0 Å². The Morgan fingerprint density at radius 3 is 2.64 bits per heavy atom. The zero-order valence-electron chi connectivity index (χ0n) is 6.53. The average Bonchev–Trinajstić information content (AvgIpc) is 1.94. The summed E-state index contributed by atoms with van der Waals surface area (Å²) in [6.07, 6.45) is 0. The third-order valence-electron chi connectivity index (χ3n) is 1.27. The number of carbonyl (C=O) groups is 1.